The summed E-state index contributed by atoms with van der Waals surface area (Å²) in [6.45, 7) is 14.5. The molecule has 2 aromatic rings. The van der Waals surface area contributed by atoms with Crippen molar-refractivity contribution < 1.29 is 0 Å². The molecule has 39 heavy (non-hydrogen) atoms. The van der Waals surface area contributed by atoms with Crippen LogP contribution in [-0.2, 0) is 6.54 Å². The zero-order chi connectivity index (χ0) is 27.5. The lowest BCUT2D eigenvalue weighted by atomic mass is 9.98. The first-order valence-corrected chi connectivity index (χ1v) is 14.1. The Bertz CT molecular complexity index is 1200. The van der Waals surface area contributed by atoms with Crippen LogP contribution in [0.15, 0.2) is 84.8 Å². The number of hydrogen-bond donors (Lipinski definition) is 4. The summed E-state index contributed by atoms with van der Waals surface area (Å²) in [6.07, 6.45) is 17.3. The number of hydrogen-bond acceptors (Lipinski definition) is 6. The normalized spacial score (nSPS) is 20.5. The Morgan fingerprint density at radius 3 is 2.87 bits per heavy atom. The molecule has 2 aliphatic heterocycles. The Morgan fingerprint density at radius 2 is 2.10 bits per heavy atom. The van der Waals surface area contributed by atoms with Gasteiger partial charge in [-0.1, -0.05) is 44.6 Å². The third-order valence-electron chi connectivity index (χ3n) is 7.26. The molecule has 0 saturated carbocycles. The van der Waals surface area contributed by atoms with E-state index >= 15 is 0 Å². The molecule has 5 N–H and O–H groups in total. The van der Waals surface area contributed by atoms with E-state index in [1.165, 1.54) is 37.6 Å². The molecule has 7 nitrogen and oxygen atoms in total. The number of rotatable bonds is 13. The molecule has 4 rings (SSSR count). The summed E-state index contributed by atoms with van der Waals surface area (Å²) in [5.74, 6) is 0.582. The van der Waals surface area contributed by atoms with Gasteiger partial charge in [0.1, 0.15) is 6.17 Å². The number of benzene rings is 1. The van der Waals surface area contributed by atoms with E-state index in [0.717, 1.165) is 66.4 Å². The Labute approximate surface area is 233 Å². The zero-order valence-corrected chi connectivity index (χ0v) is 23.2. The summed E-state index contributed by atoms with van der Waals surface area (Å²) in [5.41, 5.74) is 12.8. The molecule has 2 atom stereocenters. The monoisotopic (exact) mass is 525 g/mol. The maximum Gasteiger partial charge on any atom is 0.147 e. The molecule has 1 saturated heterocycles. The highest BCUT2D eigenvalue weighted by molar-refractivity contribution is 5.77. The van der Waals surface area contributed by atoms with Crippen molar-refractivity contribution >= 4 is 23.4 Å². The molecule has 206 valence electrons. The lowest BCUT2D eigenvalue weighted by Crippen LogP contribution is -2.34. The van der Waals surface area contributed by atoms with Gasteiger partial charge in [0.2, 0.25) is 0 Å². The van der Waals surface area contributed by atoms with E-state index in [4.69, 9.17) is 5.73 Å². The zero-order valence-electron chi connectivity index (χ0n) is 23.2. The third-order valence-corrected chi connectivity index (χ3v) is 7.26. The van der Waals surface area contributed by atoms with E-state index in [1.54, 1.807) is 0 Å². The molecule has 0 aliphatic carbocycles. The van der Waals surface area contributed by atoms with Crippen LogP contribution in [0.3, 0.4) is 0 Å². The largest absolute Gasteiger partial charge is 0.391 e. The Kier molecular flexibility index (Phi) is 10.4. The van der Waals surface area contributed by atoms with Crippen molar-refractivity contribution in [3.63, 3.8) is 0 Å². The summed E-state index contributed by atoms with van der Waals surface area (Å²) in [4.78, 5) is 11.4. The van der Waals surface area contributed by atoms with Crippen molar-refractivity contribution in [1.29, 1.82) is 0 Å². The second kappa shape index (κ2) is 14.4. The quantitative estimate of drug-likeness (QED) is 0.120. The fourth-order valence-corrected chi connectivity index (χ4v) is 5.09. The van der Waals surface area contributed by atoms with Gasteiger partial charge in [-0.25, -0.2) is 4.99 Å². The summed E-state index contributed by atoms with van der Waals surface area (Å²) in [5, 5.41) is 10.3. The second-order valence-corrected chi connectivity index (χ2v) is 10.3. The van der Waals surface area contributed by atoms with E-state index in [0.29, 0.717) is 5.92 Å². The smallest absolute Gasteiger partial charge is 0.147 e. The number of aliphatic imine (C=N–C) groups is 1. The highest BCUT2D eigenvalue weighted by Gasteiger charge is 2.21. The standard InChI is InChI=1S/C32H43N7/c1-4-6-7-14-34-20-29-17-31(38-32(29)36-23-33)27-10-12-30(13-11-27)37-24(3)28-16-26(18-35-19-28)22-39-15-8-9-25(5-2)21-39/h5,10-13,16-20,23,25,32,34,37-38H,2-4,6-9,14-15,21-22H2,1H3,(H2,33,36)/b29-20+. The summed E-state index contributed by atoms with van der Waals surface area (Å²) >= 11 is 0. The first-order valence-electron chi connectivity index (χ1n) is 14.1. The van der Waals surface area contributed by atoms with Gasteiger partial charge in [0.25, 0.3) is 0 Å². The van der Waals surface area contributed by atoms with Crippen LogP contribution in [0.1, 0.15) is 55.7 Å². The van der Waals surface area contributed by atoms with Crippen LogP contribution in [-0.4, -0.2) is 42.0 Å². The molecular formula is C32H43N7. The Morgan fingerprint density at radius 1 is 1.26 bits per heavy atom. The van der Waals surface area contributed by atoms with Crippen molar-refractivity contribution in [1.82, 2.24) is 20.5 Å². The van der Waals surface area contributed by atoms with E-state index in [-0.39, 0.29) is 6.17 Å². The minimum atomic E-state index is -0.186. The van der Waals surface area contributed by atoms with E-state index < -0.39 is 0 Å². The van der Waals surface area contributed by atoms with Gasteiger partial charge in [-0.3, -0.25) is 9.88 Å². The van der Waals surface area contributed by atoms with Gasteiger partial charge in [-0.2, -0.15) is 0 Å². The van der Waals surface area contributed by atoms with Gasteiger partial charge >= 0.3 is 0 Å². The number of piperidine rings is 1. The Balaban J connectivity index is 1.36. The topological polar surface area (TPSA) is 90.6 Å². The van der Waals surface area contributed by atoms with E-state index in [1.807, 2.05) is 18.6 Å². The number of unbranched alkanes of at least 4 members (excludes halogenated alkanes) is 2. The molecule has 2 aliphatic rings. The van der Waals surface area contributed by atoms with Crippen molar-refractivity contribution in [2.75, 3.05) is 25.0 Å². The van der Waals surface area contributed by atoms with Crippen LogP contribution < -0.4 is 21.7 Å². The SMILES string of the molecule is C=CC1CCCN(Cc2cncc(C(=C)Nc3ccc(C4=C/C(=C\NCCCCC)C(/N=C\N)N4)cc3)c2)C1. The number of likely N-dealkylation sites (tertiary alicyclic amines) is 1. The minimum Gasteiger partial charge on any atom is -0.391 e. The predicted octanol–water partition coefficient (Wildman–Crippen LogP) is 5.48. The lowest BCUT2D eigenvalue weighted by Gasteiger charge is -2.31. The van der Waals surface area contributed by atoms with Crippen molar-refractivity contribution in [3.8, 4) is 0 Å². The molecule has 0 radical (unpaired) electrons. The highest BCUT2D eigenvalue weighted by atomic mass is 15.1. The maximum absolute atomic E-state index is 5.60. The van der Waals surface area contributed by atoms with Gasteiger partial charge in [-0.05, 0) is 67.1 Å². The molecule has 1 aromatic heterocycles. The minimum absolute atomic E-state index is 0.186. The number of aromatic nitrogens is 1. The summed E-state index contributed by atoms with van der Waals surface area (Å²) < 4.78 is 0. The molecule has 0 bridgehead atoms. The van der Waals surface area contributed by atoms with Gasteiger partial charge in [-0.15, -0.1) is 6.58 Å². The number of nitrogens with zero attached hydrogens (tertiary/aromatic N) is 3. The fraction of sp³-hybridized carbons (Fsp3) is 0.375. The number of nitrogens with one attached hydrogen (secondary N) is 3. The number of pyridine rings is 1. The molecule has 0 amide bonds. The van der Waals surface area contributed by atoms with Crippen molar-refractivity contribution in [2.24, 2.45) is 16.6 Å². The fourth-order valence-electron chi connectivity index (χ4n) is 5.09. The first-order chi connectivity index (χ1) is 19.1. The van der Waals surface area contributed by atoms with Crippen molar-refractivity contribution in [3.05, 3.63) is 96.5 Å². The summed E-state index contributed by atoms with van der Waals surface area (Å²) in [7, 11) is 0. The van der Waals surface area contributed by atoms with Crippen LogP contribution in [0.4, 0.5) is 5.69 Å². The summed E-state index contributed by atoms with van der Waals surface area (Å²) in [6, 6.07) is 10.5. The van der Waals surface area contributed by atoms with Crippen LogP contribution in [0, 0.1) is 5.92 Å². The first kappa shape index (κ1) is 28.2. The molecule has 0 spiro atoms. The maximum atomic E-state index is 5.60. The van der Waals surface area contributed by atoms with Crippen LogP contribution in [0.5, 0.6) is 0 Å². The molecule has 7 heteroatoms. The van der Waals surface area contributed by atoms with Gasteiger partial charge in [0, 0.05) is 66.4 Å². The molecule has 1 fully saturated rings. The number of anilines is 1. The molecule has 2 unspecified atom stereocenters. The highest BCUT2D eigenvalue weighted by Crippen LogP contribution is 2.26. The van der Waals surface area contributed by atoms with E-state index in [9.17, 15) is 0 Å². The lowest BCUT2D eigenvalue weighted by molar-refractivity contribution is 0.189. The molecule has 1 aromatic carbocycles. The molecular weight excluding hydrogens is 482 g/mol. The van der Waals surface area contributed by atoms with Gasteiger partial charge in [0.05, 0.1) is 6.34 Å². The van der Waals surface area contributed by atoms with Gasteiger partial charge < -0.3 is 21.7 Å². The van der Waals surface area contributed by atoms with Crippen LogP contribution in [0.25, 0.3) is 11.4 Å². The van der Waals surface area contributed by atoms with Crippen LogP contribution >= 0.6 is 0 Å². The molecule has 3 heterocycles. The second-order valence-electron chi connectivity index (χ2n) is 10.3. The Hall–Kier alpha value is -3.84. The predicted molar refractivity (Wildman–Crippen MR) is 165 cm³/mol. The van der Waals surface area contributed by atoms with Crippen LogP contribution in [0.2, 0.25) is 0 Å². The third kappa shape index (κ3) is 8.07. The average molecular weight is 526 g/mol. The number of nitrogens with two attached hydrogens (primary N) is 1. The average Bonchev–Trinajstić information content (AvgIpc) is 3.36. The van der Waals surface area contributed by atoms with Crippen molar-refractivity contribution in [2.45, 2.75) is 51.7 Å². The van der Waals surface area contributed by atoms with Gasteiger partial charge in [0.15, 0.2) is 0 Å². The van der Waals surface area contributed by atoms with E-state index in [2.05, 4.69) is 93.4 Å².